The summed E-state index contributed by atoms with van der Waals surface area (Å²) < 4.78 is 0. The molecule has 1 aromatic rings. The summed E-state index contributed by atoms with van der Waals surface area (Å²) in [7, 11) is 0. The summed E-state index contributed by atoms with van der Waals surface area (Å²) in [6, 6.07) is 6.82. The van der Waals surface area contributed by atoms with Gasteiger partial charge in [0, 0.05) is 5.02 Å². The Labute approximate surface area is 91.8 Å². The third-order valence-electron chi connectivity index (χ3n) is 1.79. The molecular formula is C10H8Cl2O2. The number of carbonyl (C=O) groups is 1. The molecule has 0 aromatic heterocycles. The quantitative estimate of drug-likeness (QED) is 0.792. The Balaban J connectivity index is 3.12. The maximum atomic E-state index is 10.6. The third kappa shape index (κ3) is 2.50. The zero-order chi connectivity index (χ0) is 10.7. The molecule has 0 fully saturated rings. The highest BCUT2D eigenvalue weighted by molar-refractivity contribution is 6.44. The van der Waals surface area contributed by atoms with Crippen LogP contribution in [0.4, 0.5) is 0 Å². The highest BCUT2D eigenvalue weighted by atomic mass is 35.5. The summed E-state index contributed by atoms with van der Waals surface area (Å²) in [5.41, 5.74) is 1.28. The number of benzene rings is 1. The van der Waals surface area contributed by atoms with E-state index in [9.17, 15) is 4.79 Å². The first-order chi connectivity index (χ1) is 6.52. The van der Waals surface area contributed by atoms with Crippen molar-refractivity contribution < 1.29 is 9.90 Å². The molecule has 0 saturated carbocycles. The van der Waals surface area contributed by atoms with Crippen LogP contribution < -0.4 is 0 Å². The third-order valence-corrected chi connectivity index (χ3v) is 2.49. The number of hydrogen-bond donors (Lipinski definition) is 1. The fourth-order valence-electron chi connectivity index (χ4n) is 0.987. The standard InChI is InChI=1S/C10H8Cl2O2/c1-6(9(12)10(13)14)7-2-4-8(11)5-3-7/h2-5H,1H3,(H,13,14)/b9-6-. The van der Waals surface area contributed by atoms with Crippen molar-refractivity contribution in [2.24, 2.45) is 0 Å². The van der Waals surface area contributed by atoms with Crippen molar-refractivity contribution in [3.63, 3.8) is 0 Å². The van der Waals surface area contributed by atoms with Crippen LogP contribution in [0.25, 0.3) is 5.57 Å². The topological polar surface area (TPSA) is 37.3 Å². The van der Waals surface area contributed by atoms with Gasteiger partial charge in [0.1, 0.15) is 5.03 Å². The molecule has 0 heterocycles. The Hall–Kier alpha value is -0.990. The molecule has 0 bridgehead atoms. The monoisotopic (exact) mass is 230 g/mol. The number of carboxylic acids is 1. The van der Waals surface area contributed by atoms with Crippen LogP contribution in [0.2, 0.25) is 5.02 Å². The lowest BCUT2D eigenvalue weighted by Crippen LogP contribution is -1.96. The van der Waals surface area contributed by atoms with E-state index in [1.165, 1.54) is 0 Å². The zero-order valence-electron chi connectivity index (χ0n) is 7.42. The van der Waals surface area contributed by atoms with Gasteiger partial charge in [-0.2, -0.15) is 0 Å². The highest BCUT2D eigenvalue weighted by Crippen LogP contribution is 2.22. The van der Waals surface area contributed by atoms with Crippen molar-refractivity contribution in [1.29, 1.82) is 0 Å². The molecule has 4 heteroatoms. The first-order valence-electron chi connectivity index (χ1n) is 3.88. The fraction of sp³-hybridized carbons (Fsp3) is 0.100. The minimum absolute atomic E-state index is 0.174. The largest absolute Gasteiger partial charge is 0.477 e. The van der Waals surface area contributed by atoms with E-state index >= 15 is 0 Å². The van der Waals surface area contributed by atoms with Gasteiger partial charge in [-0.15, -0.1) is 0 Å². The predicted octanol–water partition coefficient (Wildman–Crippen LogP) is 3.39. The molecule has 0 radical (unpaired) electrons. The van der Waals surface area contributed by atoms with Gasteiger partial charge in [0.25, 0.3) is 0 Å². The second kappa shape index (κ2) is 4.49. The van der Waals surface area contributed by atoms with E-state index in [1.807, 2.05) is 0 Å². The summed E-state index contributed by atoms with van der Waals surface area (Å²) in [6.45, 7) is 1.65. The molecule has 0 saturated heterocycles. The molecule has 0 amide bonds. The van der Waals surface area contributed by atoms with Gasteiger partial charge in [0.05, 0.1) is 0 Å². The van der Waals surface area contributed by atoms with E-state index in [0.29, 0.717) is 10.6 Å². The van der Waals surface area contributed by atoms with Gasteiger partial charge in [-0.1, -0.05) is 35.3 Å². The highest BCUT2D eigenvalue weighted by Gasteiger charge is 2.09. The Bertz CT molecular complexity index is 380. The first-order valence-corrected chi connectivity index (χ1v) is 4.63. The summed E-state index contributed by atoms with van der Waals surface area (Å²) in [6.07, 6.45) is 0. The molecule has 0 unspecified atom stereocenters. The Kier molecular flexibility index (Phi) is 3.55. The molecule has 74 valence electrons. The van der Waals surface area contributed by atoms with E-state index in [0.717, 1.165) is 5.56 Å². The van der Waals surface area contributed by atoms with Crippen LogP contribution in [0.15, 0.2) is 29.3 Å². The summed E-state index contributed by atoms with van der Waals surface area (Å²) in [5, 5.41) is 9.08. The number of rotatable bonds is 2. The first kappa shape index (κ1) is 11.1. The van der Waals surface area contributed by atoms with Gasteiger partial charge in [-0.3, -0.25) is 0 Å². The van der Waals surface area contributed by atoms with Crippen LogP contribution in [0, 0.1) is 0 Å². The summed E-state index contributed by atoms with van der Waals surface area (Å²) in [5.74, 6) is -1.13. The average molecular weight is 231 g/mol. The number of allylic oxidation sites excluding steroid dienone is 1. The van der Waals surface area contributed by atoms with E-state index < -0.39 is 5.97 Å². The lowest BCUT2D eigenvalue weighted by molar-refractivity contribution is -0.131. The van der Waals surface area contributed by atoms with Crippen LogP contribution >= 0.6 is 23.2 Å². The second-order valence-electron chi connectivity index (χ2n) is 2.75. The minimum atomic E-state index is -1.13. The van der Waals surface area contributed by atoms with Crippen molar-refractivity contribution in [3.8, 4) is 0 Å². The van der Waals surface area contributed by atoms with Crippen molar-refractivity contribution in [1.82, 2.24) is 0 Å². The zero-order valence-corrected chi connectivity index (χ0v) is 8.93. The van der Waals surface area contributed by atoms with Crippen LogP contribution in [0.3, 0.4) is 0 Å². The van der Waals surface area contributed by atoms with Crippen molar-refractivity contribution in [3.05, 3.63) is 39.9 Å². The van der Waals surface area contributed by atoms with Gasteiger partial charge in [-0.05, 0) is 30.2 Å². The van der Waals surface area contributed by atoms with Crippen molar-refractivity contribution in [2.45, 2.75) is 6.92 Å². The predicted molar refractivity (Wildman–Crippen MR) is 57.5 cm³/mol. The molecule has 0 aliphatic rings. The Morgan fingerprint density at radius 3 is 2.21 bits per heavy atom. The molecule has 0 aliphatic carbocycles. The van der Waals surface area contributed by atoms with Gasteiger partial charge in [0.2, 0.25) is 0 Å². The van der Waals surface area contributed by atoms with Crippen LogP contribution in [0.1, 0.15) is 12.5 Å². The second-order valence-corrected chi connectivity index (χ2v) is 3.57. The van der Waals surface area contributed by atoms with Gasteiger partial charge >= 0.3 is 5.97 Å². The van der Waals surface area contributed by atoms with Crippen LogP contribution in [0.5, 0.6) is 0 Å². The smallest absolute Gasteiger partial charge is 0.347 e. The summed E-state index contributed by atoms with van der Waals surface area (Å²) >= 11 is 11.3. The van der Waals surface area contributed by atoms with E-state index in [2.05, 4.69) is 0 Å². The van der Waals surface area contributed by atoms with Crippen LogP contribution in [-0.4, -0.2) is 11.1 Å². The number of aliphatic carboxylic acids is 1. The SMILES string of the molecule is C/C(=C(/Cl)C(=O)O)c1ccc(Cl)cc1. The van der Waals surface area contributed by atoms with Crippen molar-refractivity contribution in [2.75, 3.05) is 0 Å². The number of halogens is 2. The van der Waals surface area contributed by atoms with Crippen LogP contribution in [-0.2, 0) is 4.79 Å². The van der Waals surface area contributed by atoms with Gasteiger partial charge < -0.3 is 5.11 Å². The average Bonchev–Trinajstić information content (AvgIpc) is 2.16. The van der Waals surface area contributed by atoms with E-state index in [1.54, 1.807) is 31.2 Å². The lowest BCUT2D eigenvalue weighted by atomic mass is 10.1. The molecule has 0 aliphatic heterocycles. The Morgan fingerprint density at radius 1 is 1.29 bits per heavy atom. The molecule has 1 aromatic carbocycles. The van der Waals surface area contributed by atoms with Gasteiger partial charge in [0.15, 0.2) is 0 Å². The number of hydrogen-bond acceptors (Lipinski definition) is 1. The van der Waals surface area contributed by atoms with E-state index in [-0.39, 0.29) is 5.03 Å². The molecule has 14 heavy (non-hydrogen) atoms. The summed E-state index contributed by atoms with van der Waals surface area (Å²) in [4.78, 5) is 10.6. The van der Waals surface area contributed by atoms with Gasteiger partial charge in [-0.25, -0.2) is 4.79 Å². The fourth-order valence-corrected chi connectivity index (χ4v) is 1.22. The minimum Gasteiger partial charge on any atom is -0.477 e. The molecule has 1 rings (SSSR count). The Morgan fingerprint density at radius 2 is 1.79 bits per heavy atom. The lowest BCUT2D eigenvalue weighted by Gasteiger charge is -2.02. The maximum Gasteiger partial charge on any atom is 0.347 e. The normalized spacial score (nSPS) is 12.2. The van der Waals surface area contributed by atoms with E-state index in [4.69, 9.17) is 28.3 Å². The maximum absolute atomic E-state index is 10.6. The number of carboxylic acid groups (broad SMARTS) is 1. The molecule has 0 spiro atoms. The molecule has 0 atom stereocenters. The molecular weight excluding hydrogens is 223 g/mol. The van der Waals surface area contributed by atoms with Crippen molar-refractivity contribution >= 4 is 34.7 Å². The molecule has 2 nitrogen and oxygen atoms in total. The molecule has 1 N–H and O–H groups in total.